The van der Waals surface area contributed by atoms with Crippen LogP contribution >= 0.6 is 12.1 Å². The fourth-order valence-corrected chi connectivity index (χ4v) is 3.75. The number of carbonyl (C=O) groups is 2. The Kier molecular flexibility index (Phi) is 7.25. The third-order valence-corrected chi connectivity index (χ3v) is 5.71. The van der Waals surface area contributed by atoms with Crippen molar-refractivity contribution in [2.24, 2.45) is 5.73 Å². The molecule has 0 aliphatic carbocycles. The summed E-state index contributed by atoms with van der Waals surface area (Å²) in [5, 5.41) is 5.71. The predicted octanol–water partition coefficient (Wildman–Crippen LogP) is 5.73. The second kappa shape index (κ2) is 10.4. The monoisotopic (exact) mass is 533 g/mol. The number of benzene rings is 3. The van der Waals surface area contributed by atoms with E-state index in [4.69, 9.17) is 5.73 Å². The van der Waals surface area contributed by atoms with Crippen LogP contribution in [0.3, 0.4) is 0 Å². The van der Waals surface area contributed by atoms with Gasteiger partial charge >= 0.3 is 6.18 Å². The minimum absolute atomic E-state index is 0.0287. The molecule has 0 aliphatic heterocycles. The zero-order valence-corrected chi connectivity index (χ0v) is 19.4. The highest BCUT2D eigenvalue weighted by Gasteiger charge is 2.34. The Balaban J connectivity index is 1.66. The predicted molar refractivity (Wildman–Crippen MR) is 128 cm³/mol. The van der Waals surface area contributed by atoms with Gasteiger partial charge in [-0.15, -0.1) is 0 Å². The first-order chi connectivity index (χ1) is 17.6. The number of hydrogen-bond acceptors (Lipinski definition) is 6. The Hall–Kier alpha value is -4.26. The van der Waals surface area contributed by atoms with Gasteiger partial charge in [0.25, 0.3) is 11.8 Å². The third kappa shape index (κ3) is 5.77. The highest BCUT2D eigenvalue weighted by Crippen LogP contribution is 2.32. The largest absolute Gasteiger partial charge is 0.419 e. The Morgan fingerprint density at radius 3 is 2.38 bits per heavy atom. The number of nitrogens with zero attached hydrogens (tertiary/aromatic N) is 2. The molecule has 4 aromatic rings. The van der Waals surface area contributed by atoms with Crippen LogP contribution in [0.2, 0.25) is 0 Å². The minimum atomic E-state index is -4.86. The summed E-state index contributed by atoms with van der Waals surface area (Å²) in [7, 11) is 0. The van der Waals surface area contributed by atoms with Crippen LogP contribution in [0.25, 0.3) is 10.9 Å². The van der Waals surface area contributed by atoms with Gasteiger partial charge in [0.2, 0.25) is 0 Å². The summed E-state index contributed by atoms with van der Waals surface area (Å²) < 4.78 is 65.4. The highest BCUT2D eigenvalue weighted by atomic mass is 32.2. The van der Waals surface area contributed by atoms with Crippen LogP contribution < -0.4 is 16.4 Å². The Morgan fingerprint density at radius 1 is 1.00 bits per heavy atom. The van der Waals surface area contributed by atoms with Gasteiger partial charge in [0, 0.05) is 28.1 Å². The van der Waals surface area contributed by atoms with Crippen molar-refractivity contribution in [3.8, 4) is 0 Å². The van der Waals surface area contributed by atoms with Crippen molar-refractivity contribution in [2.75, 3.05) is 10.6 Å². The van der Waals surface area contributed by atoms with E-state index in [1.54, 1.807) is 0 Å². The molecule has 37 heavy (non-hydrogen) atoms. The molecule has 0 bridgehead atoms. The summed E-state index contributed by atoms with van der Waals surface area (Å²) in [5.74, 6) is -2.66. The molecule has 3 aromatic carbocycles. The van der Waals surface area contributed by atoms with Crippen LogP contribution in [0.5, 0.6) is 0 Å². The first-order valence-corrected chi connectivity index (χ1v) is 11.2. The zero-order chi connectivity index (χ0) is 26.7. The molecule has 0 radical (unpaired) electrons. The molecule has 0 fully saturated rings. The number of nitrogens with two attached hydrogens (primary N) is 1. The summed E-state index contributed by atoms with van der Waals surface area (Å²) in [6.07, 6.45) is -3.73. The van der Waals surface area contributed by atoms with Crippen molar-refractivity contribution < 1.29 is 31.0 Å². The fourth-order valence-electron chi connectivity index (χ4n) is 3.52. The molecule has 0 unspecified atom stereocenters. The van der Waals surface area contributed by atoms with Gasteiger partial charge in [0.05, 0.1) is 28.8 Å². The molecule has 13 heteroatoms. The lowest BCUT2D eigenvalue weighted by atomic mass is 10.1. The molecule has 7 nitrogen and oxygen atoms in total. The van der Waals surface area contributed by atoms with E-state index in [0.29, 0.717) is 11.0 Å². The quantitative estimate of drug-likeness (QED) is 0.262. The number of carbonyl (C=O) groups excluding carboxylic acids is 2. The van der Waals surface area contributed by atoms with Crippen molar-refractivity contribution in [1.29, 1.82) is 0 Å². The van der Waals surface area contributed by atoms with Crippen molar-refractivity contribution in [3.63, 3.8) is 0 Å². The van der Waals surface area contributed by atoms with E-state index >= 15 is 0 Å². The molecule has 190 valence electrons. The number of fused-ring (bicyclic) bond motifs is 1. The van der Waals surface area contributed by atoms with Crippen molar-refractivity contribution in [3.05, 3.63) is 89.0 Å². The Bertz CT molecular complexity index is 1500. The summed E-state index contributed by atoms with van der Waals surface area (Å²) in [4.78, 5) is 33.2. The van der Waals surface area contributed by atoms with Crippen molar-refractivity contribution in [1.82, 2.24) is 9.97 Å². The van der Waals surface area contributed by atoms with E-state index < -0.39 is 29.4 Å². The van der Waals surface area contributed by atoms with Crippen molar-refractivity contribution in [2.45, 2.75) is 17.6 Å². The summed E-state index contributed by atoms with van der Waals surface area (Å²) in [6, 6.07) is 11.0. The second-order valence-corrected chi connectivity index (χ2v) is 8.35. The fraction of sp³-hybridized carbons (Fsp3) is 0.0833. The van der Waals surface area contributed by atoms with Crippen LogP contribution in [-0.4, -0.2) is 21.8 Å². The maximum absolute atomic E-state index is 13.6. The number of halogens is 5. The van der Waals surface area contributed by atoms with Gasteiger partial charge in [0.1, 0.15) is 18.0 Å². The molecule has 0 spiro atoms. The average Bonchev–Trinajstić information content (AvgIpc) is 2.87. The number of primary amides is 1. The number of amides is 2. The van der Waals surface area contributed by atoms with Crippen LogP contribution in [0.4, 0.5) is 33.0 Å². The molecule has 0 saturated carbocycles. The van der Waals surface area contributed by atoms with Gasteiger partial charge < -0.3 is 16.4 Å². The number of nitrogens with one attached hydrogen (secondary N) is 2. The summed E-state index contributed by atoms with van der Waals surface area (Å²) in [5.41, 5.74) is 4.70. The molecule has 0 atom stereocenters. The molecular weight excluding hydrogens is 517 g/mol. The molecule has 1 aromatic heterocycles. The van der Waals surface area contributed by atoms with Gasteiger partial charge in [-0.1, -0.05) is 6.07 Å². The standard InChI is InChI=1S/C24H16F5N5O2S/c25-19-6-1-12(7-18(19)24(26,27)28)10-31-22-17-9-14(8-16(21(30)35)20(17)32-11-33-22)34-23(36)13-2-4-15(37-29)5-3-13/h1-9,11H,10H2,(H2,30,35)(H,34,36)(H,31,32,33). The number of anilines is 2. The van der Waals surface area contributed by atoms with E-state index in [1.807, 2.05) is 0 Å². The lowest BCUT2D eigenvalue weighted by Gasteiger charge is -2.14. The maximum Gasteiger partial charge on any atom is 0.419 e. The third-order valence-electron chi connectivity index (χ3n) is 5.26. The van der Waals surface area contributed by atoms with Gasteiger partial charge in [-0.05, 0) is 54.1 Å². The second-order valence-electron chi connectivity index (χ2n) is 7.73. The smallest absolute Gasteiger partial charge is 0.366 e. The van der Waals surface area contributed by atoms with E-state index in [2.05, 4.69) is 20.6 Å². The SMILES string of the molecule is NC(=O)c1cc(NC(=O)c2ccc(SF)cc2)cc2c(NCc3ccc(F)c(C(F)(F)F)c3)ncnc12. The average molecular weight is 533 g/mol. The lowest BCUT2D eigenvalue weighted by Crippen LogP contribution is -2.16. The molecule has 0 saturated heterocycles. The first kappa shape index (κ1) is 25.8. The number of rotatable bonds is 7. The molecular formula is C24H16F5N5O2S. The van der Waals surface area contributed by atoms with E-state index in [1.165, 1.54) is 42.5 Å². The van der Waals surface area contributed by atoms with Crippen molar-refractivity contribution >= 4 is 46.4 Å². The zero-order valence-electron chi connectivity index (χ0n) is 18.6. The van der Waals surface area contributed by atoms with Gasteiger partial charge in [-0.2, -0.15) is 17.1 Å². The molecule has 4 rings (SSSR count). The van der Waals surface area contributed by atoms with Crippen LogP contribution in [0, 0.1) is 5.82 Å². The van der Waals surface area contributed by atoms with Crippen LogP contribution in [0.1, 0.15) is 31.8 Å². The topological polar surface area (TPSA) is 110 Å². The maximum atomic E-state index is 13.6. The Morgan fingerprint density at radius 2 is 1.73 bits per heavy atom. The number of aromatic nitrogens is 2. The van der Waals surface area contributed by atoms with E-state index in [-0.39, 0.29) is 57.8 Å². The molecule has 4 N–H and O–H groups in total. The highest BCUT2D eigenvalue weighted by molar-refractivity contribution is 7.94. The lowest BCUT2D eigenvalue weighted by molar-refractivity contribution is -0.140. The first-order valence-electron chi connectivity index (χ1n) is 10.4. The van der Waals surface area contributed by atoms with Crippen LogP contribution in [-0.2, 0) is 12.7 Å². The van der Waals surface area contributed by atoms with Crippen LogP contribution in [0.15, 0.2) is 65.8 Å². The minimum Gasteiger partial charge on any atom is -0.366 e. The molecule has 2 amide bonds. The number of alkyl halides is 3. The number of hydrogen-bond donors (Lipinski definition) is 3. The Labute approximate surface area is 210 Å². The van der Waals surface area contributed by atoms with E-state index in [0.717, 1.165) is 12.4 Å². The summed E-state index contributed by atoms with van der Waals surface area (Å²) >= 11 is 0.0287. The normalized spacial score (nSPS) is 11.4. The summed E-state index contributed by atoms with van der Waals surface area (Å²) in [6.45, 7) is -0.170. The molecule has 0 aliphatic rings. The van der Waals surface area contributed by atoms with E-state index in [9.17, 15) is 31.0 Å². The molecule has 1 heterocycles. The van der Waals surface area contributed by atoms with Gasteiger partial charge in [0.15, 0.2) is 0 Å². The van der Waals surface area contributed by atoms with Gasteiger partial charge in [-0.25, -0.2) is 14.4 Å². The van der Waals surface area contributed by atoms with Gasteiger partial charge in [-0.3, -0.25) is 9.59 Å².